The Hall–Kier alpha value is -1.32. The van der Waals surface area contributed by atoms with E-state index in [9.17, 15) is 9.59 Å². The van der Waals surface area contributed by atoms with Crippen molar-refractivity contribution in [3.05, 3.63) is 11.6 Å². The van der Waals surface area contributed by atoms with Crippen LogP contribution in [0.2, 0.25) is 0 Å². The van der Waals surface area contributed by atoms with Crippen LogP contribution in [-0.4, -0.2) is 22.2 Å². The summed E-state index contributed by atoms with van der Waals surface area (Å²) in [7, 11) is 0. The minimum atomic E-state index is -0.898. The second kappa shape index (κ2) is 5.35. The first kappa shape index (κ1) is 10.7. The normalized spacial score (nSPS) is 11.2. The Morgan fingerprint density at radius 3 is 2.17 bits per heavy atom. The number of hydrogen-bond acceptors (Lipinski definition) is 2. The van der Waals surface area contributed by atoms with E-state index in [1.54, 1.807) is 6.92 Å². The molecule has 0 rings (SSSR count). The lowest BCUT2D eigenvalue weighted by atomic mass is 10.1. The molecule has 0 spiro atoms. The Balaban J connectivity index is 3.70. The van der Waals surface area contributed by atoms with Crippen molar-refractivity contribution in [2.45, 2.75) is 26.2 Å². The van der Waals surface area contributed by atoms with Gasteiger partial charge in [-0.05, 0) is 13.3 Å². The van der Waals surface area contributed by atoms with Gasteiger partial charge in [0.1, 0.15) is 0 Å². The second-order valence-electron chi connectivity index (χ2n) is 2.54. The van der Waals surface area contributed by atoms with Crippen molar-refractivity contribution in [1.82, 2.24) is 0 Å². The van der Waals surface area contributed by atoms with E-state index < -0.39 is 11.9 Å². The van der Waals surface area contributed by atoms with Crippen molar-refractivity contribution in [3.63, 3.8) is 0 Å². The lowest BCUT2D eigenvalue weighted by Gasteiger charge is -1.95. The number of carboxylic acids is 2. The Morgan fingerprint density at radius 2 is 1.75 bits per heavy atom. The SMILES string of the molecule is C/C(=C/CC(=O)O)CCC(=O)O. The topological polar surface area (TPSA) is 74.6 Å². The van der Waals surface area contributed by atoms with Crippen LogP contribution in [0.15, 0.2) is 11.6 Å². The van der Waals surface area contributed by atoms with Crippen molar-refractivity contribution in [1.29, 1.82) is 0 Å². The molecule has 0 heterocycles. The van der Waals surface area contributed by atoms with Gasteiger partial charge in [-0.2, -0.15) is 0 Å². The number of rotatable bonds is 5. The molecular weight excluding hydrogens is 160 g/mol. The molecule has 0 aliphatic rings. The molecule has 4 nitrogen and oxygen atoms in total. The summed E-state index contributed by atoms with van der Waals surface area (Å²) in [5, 5.41) is 16.6. The maximum absolute atomic E-state index is 10.1. The van der Waals surface area contributed by atoms with Crippen molar-refractivity contribution >= 4 is 11.9 Å². The van der Waals surface area contributed by atoms with Crippen LogP contribution in [-0.2, 0) is 9.59 Å². The first-order valence-electron chi connectivity index (χ1n) is 3.61. The highest BCUT2D eigenvalue weighted by atomic mass is 16.4. The molecule has 0 fully saturated rings. The monoisotopic (exact) mass is 172 g/mol. The summed E-state index contributed by atoms with van der Waals surface area (Å²) in [5.74, 6) is -1.76. The van der Waals surface area contributed by atoms with Crippen molar-refractivity contribution in [3.8, 4) is 0 Å². The van der Waals surface area contributed by atoms with Gasteiger partial charge >= 0.3 is 11.9 Å². The van der Waals surface area contributed by atoms with Gasteiger partial charge in [0.05, 0.1) is 6.42 Å². The number of hydrogen-bond donors (Lipinski definition) is 2. The van der Waals surface area contributed by atoms with Crippen LogP contribution in [0.3, 0.4) is 0 Å². The lowest BCUT2D eigenvalue weighted by molar-refractivity contribution is -0.137. The van der Waals surface area contributed by atoms with Gasteiger partial charge in [0, 0.05) is 6.42 Å². The summed E-state index contributed by atoms with van der Waals surface area (Å²) < 4.78 is 0. The molecule has 68 valence electrons. The average molecular weight is 172 g/mol. The standard InChI is InChI=1S/C8H12O4/c1-6(2-4-7(9)10)3-5-8(11)12/h2H,3-5H2,1H3,(H,9,10)(H,11,12)/b6-2-. The molecule has 4 heteroatoms. The van der Waals surface area contributed by atoms with Crippen LogP contribution in [0.25, 0.3) is 0 Å². The fourth-order valence-corrected chi connectivity index (χ4v) is 0.668. The van der Waals surface area contributed by atoms with Gasteiger partial charge in [-0.1, -0.05) is 11.6 Å². The molecular formula is C8H12O4. The molecule has 0 atom stereocenters. The van der Waals surface area contributed by atoms with Crippen LogP contribution in [0.1, 0.15) is 26.2 Å². The minimum Gasteiger partial charge on any atom is -0.481 e. The molecule has 0 bridgehead atoms. The lowest BCUT2D eigenvalue weighted by Crippen LogP contribution is -1.95. The fourth-order valence-electron chi connectivity index (χ4n) is 0.668. The van der Waals surface area contributed by atoms with E-state index in [2.05, 4.69) is 0 Å². The first-order valence-corrected chi connectivity index (χ1v) is 3.61. The molecule has 0 aromatic rings. The van der Waals surface area contributed by atoms with Gasteiger partial charge in [0.2, 0.25) is 0 Å². The molecule has 0 radical (unpaired) electrons. The quantitative estimate of drug-likeness (QED) is 0.612. The van der Waals surface area contributed by atoms with Gasteiger partial charge in [0.15, 0.2) is 0 Å². The summed E-state index contributed by atoms with van der Waals surface area (Å²) in [5.41, 5.74) is 0.805. The zero-order chi connectivity index (χ0) is 9.56. The average Bonchev–Trinajstić information content (AvgIpc) is 1.96. The molecule has 2 N–H and O–H groups in total. The van der Waals surface area contributed by atoms with Gasteiger partial charge in [-0.15, -0.1) is 0 Å². The van der Waals surface area contributed by atoms with E-state index in [0.29, 0.717) is 6.42 Å². The Morgan fingerprint density at radius 1 is 1.17 bits per heavy atom. The van der Waals surface area contributed by atoms with Crippen molar-refractivity contribution in [2.75, 3.05) is 0 Å². The van der Waals surface area contributed by atoms with Gasteiger partial charge in [-0.25, -0.2) is 0 Å². The predicted octanol–water partition coefficient (Wildman–Crippen LogP) is 1.27. The fraction of sp³-hybridized carbons (Fsp3) is 0.500. The summed E-state index contributed by atoms with van der Waals surface area (Å²) in [6.07, 6.45) is 1.97. The van der Waals surface area contributed by atoms with Crippen molar-refractivity contribution < 1.29 is 19.8 Å². The molecule has 12 heavy (non-hydrogen) atoms. The van der Waals surface area contributed by atoms with Crippen LogP contribution < -0.4 is 0 Å². The number of allylic oxidation sites excluding steroid dienone is 1. The number of carbonyl (C=O) groups is 2. The summed E-state index contributed by atoms with van der Waals surface area (Å²) in [6.45, 7) is 1.73. The Kier molecular flexibility index (Phi) is 4.76. The van der Waals surface area contributed by atoms with Crippen molar-refractivity contribution in [2.24, 2.45) is 0 Å². The molecule has 0 unspecified atom stereocenters. The Bertz CT molecular complexity index is 205. The first-order chi connectivity index (χ1) is 5.52. The summed E-state index contributed by atoms with van der Waals surface area (Å²) in [6, 6.07) is 0. The third-order valence-electron chi connectivity index (χ3n) is 1.36. The largest absolute Gasteiger partial charge is 0.481 e. The highest BCUT2D eigenvalue weighted by molar-refractivity contribution is 5.69. The predicted molar refractivity (Wildman–Crippen MR) is 42.9 cm³/mol. The Labute approximate surface area is 70.5 Å². The maximum Gasteiger partial charge on any atom is 0.307 e. The van der Waals surface area contributed by atoms with E-state index in [1.807, 2.05) is 0 Å². The molecule has 0 saturated carbocycles. The number of carboxylic acid groups (broad SMARTS) is 2. The molecule has 0 aromatic carbocycles. The molecule has 0 aliphatic carbocycles. The molecule has 0 aliphatic heterocycles. The van der Waals surface area contributed by atoms with Crippen LogP contribution >= 0.6 is 0 Å². The molecule has 0 saturated heterocycles. The zero-order valence-electron chi connectivity index (χ0n) is 6.91. The minimum absolute atomic E-state index is 0.0363. The van der Waals surface area contributed by atoms with Gasteiger partial charge in [-0.3, -0.25) is 9.59 Å². The highest BCUT2D eigenvalue weighted by Gasteiger charge is 1.98. The van der Waals surface area contributed by atoms with E-state index in [1.165, 1.54) is 6.08 Å². The molecule has 0 aromatic heterocycles. The van der Waals surface area contributed by atoms with E-state index in [0.717, 1.165) is 5.57 Å². The highest BCUT2D eigenvalue weighted by Crippen LogP contribution is 2.04. The smallest absolute Gasteiger partial charge is 0.307 e. The van der Waals surface area contributed by atoms with Gasteiger partial charge in [0.25, 0.3) is 0 Å². The van der Waals surface area contributed by atoms with E-state index in [-0.39, 0.29) is 12.8 Å². The molecule has 0 amide bonds. The maximum atomic E-state index is 10.1. The number of aliphatic carboxylic acids is 2. The summed E-state index contributed by atoms with van der Waals surface area (Å²) >= 11 is 0. The van der Waals surface area contributed by atoms with E-state index in [4.69, 9.17) is 10.2 Å². The zero-order valence-corrected chi connectivity index (χ0v) is 6.91. The van der Waals surface area contributed by atoms with E-state index >= 15 is 0 Å². The van der Waals surface area contributed by atoms with Gasteiger partial charge < -0.3 is 10.2 Å². The van der Waals surface area contributed by atoms with Crippen LogP contribution in [0.4, 0.5) is 0 Å². The van der Waals surface area contributed by atoms with Crippen LogP contribution in [0, 0.1) is 0 Å². The summed E-state index contributed by atoms with van der Waals surface area (Å²) in [4.78, 5) is 20.2. The second-order valence-corrected chi connectivity index (χ2v) is 2.54. The van der Waals surface area contributed by atoms with Crippen LogP contribution in [0.5, 0.6) is 0 Å². The third-order valence-corrected chi connectivity index (χ3v) is 1.36. The third kappa shape index (κ3) is 6.80.